The molecule has 3 heteroatoms. The third kappa shape index (κ3) is 1.91. The minimum atomic E-state index is -0.988. The van der Waals surface area contributed by atoms with Crippen LogP contribution in [-0.4, -0.2) is 23.3 Å². The van der Waals surface area contributed by atoms with Gasteiger partial charge in [0.15, 0.2) is 0 Å². The quantitative estimate of drug-likeness (QED) is 0.495. The van der Waals surface area contributed by atoms with Crippen molar-refractivity contribution in [2.24, 2.45) is 0 Å². The van der Waals surface area contributed by atoms with Crippen molar-refractivity contribution < 1.29 is 14.6 Å². The first kappa shape index (κ1) is 10.3. The summed E-state index contributed by atoms with van der Waals surface area (Å²) in [4.78, 5) is 11.1. The Hall–Kier alpha value is -0.830. The van der Waals surface area contributed by atoms with Gasteiger partial charge in [-0.25, -0.2) is 0 Å². The minimum Gasteiger partial charge on any atom is -0.461 e. The molecule has 3 nitrogen and oxygen atoms in total. The number of esters is 1. The van der Waals surface area contributed by atoms with Crippen molar-refractivity contribution >= 4 is 5.97 Å². The summed E-state index contributed by atoms with van der Waals surface area (Å²) in [6.07, 6.45) is 0.623. The van der Waals surface area contributed by atoms with Gasteiger partial charge in [-0.2, -0.15) is 0 Å². The molecule has 0 aromatic rings. The minimum absolute atomic E-state index is 0.0761. The van der Waals surface area contributed by atoms with Crippen LogP contribution >= 0.6 is 0 Å². The number of ether oxygens (including phenoxy) is 1. The van der Waals surface area contributed by atoms with E-state index in [4.69, 9.17) is 4.74 Å². The first-order valence-corrected chi connectivity index (χ1v) is 4.54. The maximum Gasteiger partial charge on any atom is 0.309 e. The molecular formula is C10H16O3. The number of cyclic esters (lactones) is 1. The molecule has 0 saturated carbocycles. The van der Waals surface area contributed by atoms with E-state index in [1.165, 1.54) is 0 Å². The van der Waals surface area contributed by atoms with Crippen LogP contribution < -0.4 is 0 Å². The van der Waals surface area contributed by atoms with Crippen LogP contribution in [0, 0.1) is 0 Å². The summed E-state index contributed by atoms with van der Waals surface area (Å²) in [5, 5.41) is 10.1. The highest BCUT2D eigenvalue weighted by atomic mass is 16.5. The Morgan fingerprint density at radius 3 is 2.69 bits per heavy atom. The van der Waals surface area contributed by atoms with E-state index >= 15 is 0 Å². The Labute approximate surface area is 78.4 Å². The highest BCUT2D eigenvalue weighted by Gasteiger charge is 2.34. The van der Waals surface area contributed by atoms with E-state index in [0.717, 1.165) is 11.1 Å². The van der Waals surface area contributed by atoms with Crippen LogP contribution in [0.1, 0.15) is 33.6 Å². The first-order chi connectivity index (χ1) is 5.99. The predicted octanol–water partition coefficient (Wildman–Crippen LogP) is 1.41. The zero-order chi connectivity index (χ0) is 10.1. The molecule has 0 fully saturated rings. The smallest absolute Gasteiger partial charge is 0.309 e. The van der Waals surface area contributed by atoms with E-state index < -0.39 is 5.60 Å². The van der Waals surface area contributed by atoms with Crippen LogP contribution in [0.2, 0.25) is 0 Å². The molecule has 1 aliphatic heterocycles. The third-order valence-electron chi connectivity index (χ3n) is 2.81. The Balaban J connectivity index is 3.02. The summed E-state index contributed by atoms with van der Waals surface area (Å²) in [5.74, 6) is -0.319. The van der Waals surface area contributed by atoms with Crippen molar-refractivity contribution in [3.63, 3.8) is 0 Å². The molecule has 0 saturated heterocycles. The van der Waals surface area contributed by atoms with Gasteiger partial charge in [0.25, 0.3) is 0 Å². The van der Waals surface area contributed by atoms with E-state index in [9.17, 15) is 9.90 Å². The highest BCUT2D eigenvalue weighted by molar-refractivity contribution is 5.72. The van der Waals surface area contributed by atoms with Crippen molar-refractivity contribution in [3.05, 3.63) is 11.1 Å². The standard InChI is InChI=1S/C10H16O3/c1-4-10(12)5-9(11)13-6-7(2)8(10)3/h12H,4-6H2,1-3H3/t10-/m0/s1. The second-order valence-electron chi connectivity index (χ2n) is 3.63. The Morgan fingerprint density at radius 2 is 2.15 bits per heavy atom. The monoisotopic (exact) mass is 184 g/mol. The number of aliphatic hydroxyl groups is 1. The lowest BCUT2D eigenvalue weighted by atomic mass is 9.86. The van der Waals surface area contributed by atoms with E-state index in [1.807, 2.05) is 20.8 Å². The van der Waals surface area contributed by atoms with Crippen LogP contribution in [0.4, 0.5) is 0 Å². The second-order valence-corrected chi connectivity index (χ2v) is 3.63. The number of rotatable bonds is 1. The molecule has 0 amide bonds. The number of hydrogen-bond donors (Lipinski definition) is 1. The molecule has 1 aliphatic rings. The van der Waals surface area contributed by atoms with Crippen molar-refractivity contribution in [1.29, 1.82) is 0 Å². The summed E-state index contributed by atoms with van der Waals surface area (Å²) in [7, 11) is 0. The number of carbonyl (C=O) groups is 1. The zero-order valence-electron chi connectivity index (χ0n) is 8.39. The molecule has 0 bridgehead atoms. The molecule has 0 aromatic heterocycles. The third-order valence-corrected chi connectivity index (χ3v) is 2.81. The van der Waals surface area contributed by atoms with E-state index in [1.54, 1.807) is 0 Å². The summed E-state index contributed by atoms with van der Waals surface area (Å²) >= 11 is 0. The molecule has 0 aliphatic carbocycles. The van der Waals surface area contributed by atoms with Crippen LogP contribution in [0.25, 0.3) is 0 Å². The van der Waals surface area contributed by atoms with Crippen molar-refractivity contribution in [3.8, 4) is 0 Å². The fourth-order valence-corrected chi connectivity index (χ4v) is 1.51. The van der Waals surface area contributed by atoms with Gasteiger partial charge in [-0.1, -0.05) is 6.92 Å². The molecule has 0 unspecified atom stereocenters. The van der Waals surface area contributed by atoms with Gasteiger partial charge in [0, 0.05) is 0 Å². The van der Waals surface area contributed by atoms with E-state index in [0.29, 0.717) is 13.0 Å². The average Bonchev–Trinajstić information content (AvgIpc) is 2.19. The molecule has 1 rings (SSSR count). The summed E-state index contributed by atoms with van der Waals surface area (Å²) < 4.78 is 4.93. The normalized spacial score (nSPS) is 30.0. The first-order valence-electron chi connectivity index (χ1n) is 4.54. The SMILES string of the molecule is CC[C@]1(O)CC(=O)OCC(C)=C1C. The number of hydrogen-bond acceptors (Lipinski definition) is 3. The largest absolute Gasteiger partial charge is 0.461 e. The topological polar surface area (TPSA) is 46.5 Å². The maximum atomic E-state index is 11.1. The molecule has 0 aromatic carbocycles. The van der Waals surface area contributed by atoms with Gasteiger partial charge in [0.1, 0.15) is 6.61 Å². The van der Waals surface area contributed by atoms with Gasteiger partial charge in [-0.05, 0) is 31.4 Å². The lowest BCUT2D eigenvalue weighted by Crippen LogP contribution is -2.31. The fourth-order valence-electron chi connectivity index (χ4n) is 1.51. The van der Waals surface area contributed by atoms with Crippen LogP contribution in [-0.2, 0) is 9.53 Å². The summed E-state index contributed by atoms with van der Waals surface area (Å²) in [6.45, 7) is 5.93. The van der Waals surface area contributed by atoms with Gasteiger partial charge in [0.2, 0.25) is 0 Å². The molecule has 1 N–H and O–H groups in total. The van der Waals surface area contributed by atoms with Gasteiger partial charge < -0.3 is 9.84 Å². The molecule has 1 heterocycles. The summed E-state index contributed by atoms with van der Waals surface area (Å²) in [6, 6.07) is 0. The highest BCUT2D eigenvalue weighted by Crippen LogP contribution is 2.30. The molecule has 0 spiro atoms. The number of carbonyl (C=O) groups excluding carboxylic acids is 1. The van der Waals surface area contributed by atoms with Crippen molar-refractivity contribution in [1.82, 2.24) is 0 Å². The molecule has 13 heavy (non-hydrogen) atoms. The Morgan fingerprint density at radius 1 is 1.54 bits per heavy atom. The Bertz CT molecular complexity index is 255. The lowest BCUT2D eigenvalue weighted by Gasteiger charge is -2.25. The average molecular weight is 184 g/mol. The van der Waals surface area contributed by atoms with E-state index in [2.05, 4.69) is 0 Å². The molecule has 1 atom stereocenters. The van der Waals surface area contributed by atoms with Gasteiger partial charge in [0.05, 0.1) is 12.0 Å². The van der Waals surface area contributed by atoms with Gasteiger partial charge in [-0.3, -0.25) is 4.79 Å². The van der Waals surface area contributed by atoms with Gasteiger partial charge >= 0.3 is 5.97 Å². The van der Waals surface area contributed by atoms with Crippen LogP contribution in [0.3, 0.4) is 0 Å². The summed E-state index contributed by atoms with van der Waals surface area (Å²) in [5.41, 5.74) is 0.841. The predicted molar refractivity (Wildman–Crippen MR) is 49.2 cm³/mol. The Kier molecular flexibility index (Phi) is 2.76. The second kappa shape index (κ2) is 3.50. The zero-order valence-corrected chi connectivity index (χ0v) is 8.39. The maximum absolute atomic E-state index is 11.1. The fraction of sp³-hybridized carbons (Fsp3) is 0.700. The van der Waals surface area contributed by atoms with E-state index in [-0.39, 0.29) is 12.4 Å². The van der Waals surface area contributed by atoms with Crippen molar-refractivity contribution in [2.45, 2.75) is 39.2 Å². The van der Waals surface area contributed by atoms with Crippen molar-refractivity contribution in [2.75, 3.05) is 6.61 Å². The molecular weight excluding hydrogens is 168 g/mol. The molecule has 0 radical (unpaired) electrons. The van der Waals surface area contributed by atoms with Crippen LogP contribution in [0.15, 0.2) is 11.1 Å². The van der Waals surface area contributed by atoms with Gasteiger partial charge in [-0.15, -0.1) is 0 Å². The lowest BCUT2D eigenvalue weighted by molar-refractivity contribution is -0.145. The molecule has 74 valence electrons. The van der Waals surface area contributed by atoms with Crippen LogP contribution in [0.5, 0.6) is 0 Å².